The van der Waals surface area contributed by atoms with Crippen molar-refractivity contribution in [1.29, 1.82) is 0 Å². The highest BCUT2D eigenvalue weighted by Crippen LogP contribution is 2.50. The summed E-state index contributed by atoms with van der Waals surface area (Å²) < 4.78 is 0. The summed E-state index contributed by atoms with van der Waals surface area (Å²) in [6, 6.07) is 6.27. The Hall–Kier alpha value is -2.56. The highest BCUT2D eigenvalue weighted by atomic mass is 16.2. The maximum Gasteiger partial charge on any atom is 0.275 e. The van der Waals surface area contributed by atoms with Crippen molar-refractivity contribution < 1.29 is 9.59 Å². The van der Waals surface area contributed by atoms with E-state index in [0.29, 0.717) is 17.2 Å². The number of H-pyrrole nitrogens is 1. The Morgan fingerprint density at radius 3 is 2.52 bits per heavy atom. The van der Waals surface area contributed by atoms with E-state index in [2.05, 4.69) is 48.5 Å². The van der Waals surface area contributed by atoms with Crippen LogP contribution in [0.1, 0.15) is 57.6 Å². The molecule has 2 aromatic rings. The maximum atomic E-state index is 12.6. The number of aromatic nitrogens is 1. The van der Waals surface area contributed by atoms with Crippen LogP contribution in [0.2, 0.25) is 0 Å². The summed E-state index contributed by atoms with van der Waals surface area (Å²) in [4.78, 5) is 28.4. The van der Waals surface area contributed by atoms with Gasteiger partial charge in [0, 0.05) is 22.7 Å². The molecule has 3 heterocycles. The third-order valence-electron chi connectivity index (χ3n) is 6.85. The SMILES string of the molecule is CC(C)(C)C1CCC2(CC1)NC1=C(C(=O)NC1=O)c1c[nH]c3cccc2c13. The summed E-state index contributed by atoms with van der Waals surface area (Å²) in [5.41, 5.74) is 3.95. The smallest absolute Gasteiger partial charge is 0.275 e. The second kappa shape index (κ2) is 5.24. The van der Waals surface area contributed by atoms with Crippen LogP contribution in [0.3, 0.4) is 0 Å². The van der Waals surface area contributed by atoms with E-state index >= 15 is 0 Å². The standard InChI is InChI=1S/C22H25N3O2/c1-21(2,3)12-7-9-22(10-8-12)14-5-4-6-15-16(14)13(11-23-15)17-18(25-22)20(27)24-19(17)26/h4-6,11-12,23,25H,7-10H2,1-3H3,(H,24,26,27). The van der Waals surface area contributed by atoms with Gasteiger partial charge in [-0.1, -0.05) is 32.9 Å². The molecule has 5 rings (SSSR count). The van der Waals surface area contributed by atoms with Gasteiger partial charge in [0.15, 0.2) is 0 Å². The molecule has 0 unspecified atom stereocenters. The molecule has 0 bridgehead atoms. The number of rotatable bonds is 0. The number of carbonyl (C=O) groups excluding carboxylic acids is 2. The first-order valence-corrected chi connectivity index (χ1v) is 9.79. The Kier molecular flexibility index (Phi) is 3.22. The van der Waals surface area contributed by atoms with Crippen LogP contribution < -0.4 is 10.6 Å². The summed E-state index contributed by atoms with van der Waals surface area (Å²) in [6.07, 6.45) is 5.98. The largest absolute Gasteiger partial charge is 0.370 e. The van der Waals surface area contributed by atoms with Gasteiger partial charge in [0.1, 0.15) is 5.70 Å². The molecule has 5 nitrogen and oxygen atoms in total. The molecule has 1 fully saturated rings. The number of benzene rings is 1. The van der Waals surface area contributed by atoms with Crippen LogP contribution in [0, 0.1) is 11.3 Å². The quantitative estimate of drug-likeness (QED) is 0.627. The predicted octanol–water partition coefficient (Wildman–Crippen LogP) is 3.57. The Balaban J connectivity index is 1.70. The normalized spacial score (nSPS) is 27.6. The highest BCUT2D eigenvalue weighted by molar-refractivity contribution is 6.37. The fraction of sp³-hybridized carbons (Fsp3) is 0.455. The second-order valence-corrected chi connectivity index (χ2v) is 9.31. The van der Waals surface area contributed by atoms with Crippen LogP contribution in [-0.2, 0) is 15.1 Å². The molecular weight excluding hydrogens is 338 g/mol. The molecule has 1 aromatic heterocycles. The monoisotopic (exact) mass is 363 g/mol. The topological polar surface area (TPSA) is 74.0 Å². The summed E-state index contributed by atoms with van der Waals surface area (Å²) in [5, 5.41) is 7.13. The number of carbonyl (C=O) groups is 2. The van der Waals surface area contributed by atoms with Crippen LogP contribution in [0.5, 0.6) is 0 Å². The molecule has 0 radical (unpaired) electrons. The minimum absolute atomic E-state index is 0.280. The van der Waals surface area contributed by atoms with Crippen molar-refractivity contribution in [2.24, 2.45) is 11.3 Å². The number of hydrogen-bond acceptors (Lipinski definition) is 3. The zero-order valence-corrected chi connectivity index (χ0v) is 16.0. The molecule has 3 aliphatic rings. The van der Waals surface area contributed by atoms with E-state index in [-0.39, 0.29) is 22.8 Å². The lowest BCUT2D eigenvalue weighted by Crippen LogP contribution is -2.47. The van der Waals surface area contributed by atoms with E-state index in [1.807, 2.05) is 12.3 Å². The molecule has 1 aromatic carbocycles. The summed E-state index contributed by atoms with van der Waals surface area (Å²) >= 11 is 0. The average molecular weight is 363 g/mol. The maximum absolute atomic E-state index is 12.6. The summed E-state index contributed by atoms with van der Waals surface area (Å²) in [7, 11) is 0. The Morgan fingerprint density at radius 2 is 1.81 bits per heavy atom. The molecule has 3 N–H and O–H groups in total. The minimum Gasteiger partial charge on any atom is -0.370 e. The van der Waals surface area contributed by atoms with Gasteiger partial charge in [-0.15, -0.1) is 0 Å². The third-order valence-corrected chi connectivity index (χ3v) is 6.85. The first-order chi connectivity index (χ1) is 12.8. The fourth-order valence-electron chi connectivity index (χ4n) is 5.29. The van der Waals surface area contributed by atoms with Gasteiger partial charge in [-0.25, -0.2) is 0 Å². The predicted molar refractivity (Wildman–Crippen MR) is 105 cm³/mol. The lowest BCUT2D eigenvalue weighted by atomic mass is 9.65. The highest BCUT2D eigenvalue weighted by Gasteiger charge is 2.46. The second-order valence-electron chi connectivity index (χ2n) is 9.31. The van der Waals surface area contributed by atoms with Crippen LogP contribution in [0.25, 0.3) is 16.5 Å². The van der Waals surface area contributed by atoms with Gasteiger partial charge < -0.3 is 10.3 Å². The first kappa shape index (κ1) is 16.6. The van der Waals surface area contributed by atoms with Gasteiger partial charge >= 0.3 is 0 Å². The number of aromatic amines is 1. The Labute approximate surface area is 158 Å². The van der Waals surface area contributed by atoms with E-state index in [1.165, 1.54) is 5.56 Å². The zero-order chi connectivity index (χ0) is 19.0. The molecule has 140 valence electrons. The van der Waals surface area contributed by atoms with Crippen molar-refractivity contribution in [1.82, 2.24) is 15.6 Å². The molecule has 0 atom stereocenters. The van der Waals surface area contributed by atoms with Crippen LogP contribution in [0.4, 0.5) is 0 Å². The van der Waals surface area contributed by atoms with E-state index in [9.17, 15) is 9.59 Å². The Bertz CT molecular complexity index is 1010. The van der Waals surface area contributed by atoms with Crippen molar-refractivity contribution in [3.8, 4) is 0 Å². The molecule has 2 amide bonds. The number of amides is 2. The van der Waals surface area contributed by atoms with Crippen molar-refractivity contribution in [3.63, 3.8) is 0 Å². The van der Waals surface area contributed by atoms with E-state index in [0.717, 1.165) is 42.1 Å². The van der Waals surface area contributed by atoms with E-state index in [4.69, 9.17) is 0 Å². The van der Waals surface area contributed by atoms with Crippen LogP contribution in [0.15, 0.2) is 30.1 Å². The van der Waals surface area contributed by atoms with Gasteiger partial charge in [0.2, 0.25) is 0 Å². The minimum atomic E-state index is -0.311. The molecule has 1 spiro atoms. The summed E-state index contributed by atoms with van der Waals surface area (Å²) in [6.45, 7) is 6.93. The Morgan fingerprint density at radius 1 is 1.07 bits per heavy atom. The third kappa shape index (κ3) is 2.23. The average Bonchev–Trinajstić information content (AvgIpc) is 3.11. The van der Waals surface area contributed by atoms with Crippen molar-refractivity contribution in [2.75, 3.05) is 0 Å². The van der Waals surface area contributed by atoms with E-state index in [1.54, 1.807) is 0 Å². The van der Waals surface area contributed by atoms with Crippen molar-refractivity contribution in [3.05, 3.63) is 41.2 Å². The van der Waals surface area contributed by atoms with Crippen molar-refractivity contribution >= 4 is 28.3 Å². The van der Waals surface area contributed by atoms with Gasteiger partial charge in [0.05, 0.1) is 11.1 Å². The van der Waals surface area contributed by atoms with Crippen LogP contribution >= 0.6 is 0 Å². The summed E-state index contributed by atoms with van der Waals surface area (Å²) in [5.74, 6) is 0.0404. The molecule has 2 aliphatic heterocycles. The molecule has 5 heteroatoms. The van der Waals surface area contributed by atoms with Crippen LogP contribution in [-0.4, -0.2) is 16.8 Å². The number of nitrogens with one attached hydrogen (secondary N) is 3. The van der Waals surface area contributed by atoms with Gasteiger partial charge in [-0.2, -0.15) is 0 Å². The molecular formula is C22H25N3O2. The number of fused-ring (bicyclic) bond motifs is 2. The molecule has 0 saturated heterocycles. The van der Waals surface area contributed by atoms with Gasteiger partial charge in [-0.3, -0.25) is 14.9 Å². The lowest BCUT2D eigenvalue weighted by molar-refractivity contribution is -0.123. The van der Waals surface area contributed by atoms with Gasteiger partial charge in [-0.05, 0) is 48.6 Å². The molecule has 1 aliphatic carbocycles. The molecule has 27 heavy (non-hydrogen) atoms. The first-order valence-electron chi connectivity index (χ1n) is 9.79. The lowest BCUT2D eigenvalue weighted by Gasteiger charge is -2.45. The number of imide groups is 1. The van der Waals surface area contributed by atoms with E-state index < -0.39 is 0 Å². The molecule has 1 saturated carbocycles. The van der Waals surface area contributed by atoms with Gasteiger partial charge in [0.25, 0.3) is 11.8 Å². The van der Waals surface area contributed by atoms with Crippen molar-refractivity contribution in [2.45, 2.75) is 52.0 Å². The fourth-order valence-corrected chi connectivity index (χ4v) is 5.29. The number of hydrogen-bond donors (Lipinski definition) is 3. The zero-order valence-electron chi connectivity index (χ0n) is 16.0.